The van der Waals surface area contributed by atoms with Crippen molar-refractivity contribution in [1.82, 2.24) is 16.0 Å². The summed E-state index contributed by atoms with van der Waals surface area (Å²) in [5, 5.41) is 7.79. The molecular weight excluding hydrogens is 366 g/mol. The first kappa shape index (κ1) is 17.9. The number of hydrogen-bond donors (Lipinski definition) is 3. The lowest BCUT2D eigenvalue weighted by Gasteiger charge is -2.45. The van der Waals surface area contributed by atoms with E-state index in [0.717, 1.165) is 6.42 Å². The van der Waals surface area contributed by atoms with Crippen LogP contribution >= 0.6 is 0 Å². The molecule has 2 atom stereocenters. The maximum atomic E-state index is 12.4. The van der Waals surface area contributed by atoms with Crippen LogP contribution in [0.5, 0.6) is 0 Å². The third-order valence-corrected chi connectivity index (χ3v) is 6.50. The number of fused-ring (bicyclic) bond motifs is 1. The number of carbonyl (C=O) groups is 3. The molecule has 1 saturated heterocycles. The third-order valence-electron chi connectivity index (χ3n) is 6.50. The van der Waals surface area contributed by atoms with E-state index in [1.165, 1.54) is 22.3 Å². The van der Waals surface area contributed by atoms with Crippen LogP contribution in [0.4, 0.5) is 4.79 Å². The molecule has 0 saturated carbocycles. The molecule has 6 heteroatoms. The summed E-state index contributed by atoms with van der Waals surface area (Å²) in [5.41, 5.74) is 5.60. The highest BCUT2D eigenvalue weighted by Crippen LogP contribution is 2.55. The number of benzene rings is 2. The molecule has 4 amide bonds. The Balaban J connectivity index is 1.26. The summed E-state index contributed by atoms with van der Waals surface area (Å²) in [6.45, 7) is 0.617. The normalized spacial score (nSPS) is 26.3. The molecule has 3 aliphatic carbocycles. The quantitative estimate of drug-likeness (QED) is 0.686. The van der Waals surface area contributed by atoms with Crippen LogP contribution in [0.2, 0.25) is 0 Å². The maximum absolute atomic E-state index is 12.4. The van der Waals surface area contributed by atoms with Crippen LogP contribution in [0.3, 0.4) is 0 Å². The Morgan fingerprint density at radius 1 is 0.966 bits per heavy atom. The Kier molecular flexibility index (Phi) is 4.34. The zero-order valence-electron chi connectivity index (χ0n) is 16.0. The molecule has 2 aromatic carbocycles. The van der Waals surface area contributed by atoms with Gasteiger partial charge in [-0.15, -0.1) is 0 Å². The van der Waals surface area contributed by atoms with Gasteiger partial charge in [-0.25, -0.2) is 4.79 Å². The van der Waals surface area contributed by atoms with Crippen molar-refractivity contribution in [3.05, 3.63) is 70.8 Å². The highest BCUT2D eigenvalue weighted by atomic mass is 16.2. The van der Waals surface area contributed by atoms with Crippen molar-refractivity contribution in [3.8, 4) is 0 Å². The van der Waals surface area contributed by atoms with Gasteiger partial charge in [0.25, 0.3) is 5.91 Å². The molecule has 6 rings (SSSR count). The molecule has 1 heterocycles. The summed E-state index contributed by atoms with van der Waals surface area (Å²) in [4.78, 5) is 35.1. The van der Waals surface area contributed by atoms with Crippen molar-refractivity contribution < 1.29 is 14.4 Å². The van der Waals surface area contributed by atoms with Crippen LogP contribution in [-0.2, 0) is 9.59 Å². The Hall–Kier alpha value is -3.15. The second-order valence-electron chi connectivity index (χ2n) is 8.14. The standard InChI is InChI=1S/C23H23N3O3/c27-20(10-9-19-22(28)26-23(29)25-19)24-12-13-11-18-14-5-1-3-7-16(14)21(13)17-8-4-2-6-15(17)18/h1-8,13,18-19,21H,9-12H2,(H,24,27)(H2,25,26,28,29)/t13-,18?,19+,21?/m0/s1. The lowest BCUT2D eigenvalue weighted by atomic mass is 9.59. The molecule has 2 aromatic rings. The van der Waals surface area contributed by atoms with Gasteiger partial charge in [-0.05, 0) is 41.0 Å². The van der Waals surface area contributed by atoms with E-state index >= 15 is 0 Å². The molecule has 0 unspecified atom stereocenters. The monoisotopic (exact) mass is 389 g/mol. The number of amides is 4. The average Bonchev–Trinajstić information content (AvgIpc) is 3.07. The fourth-order valence-electron chi connectivity index (χ4n) is 5.23. The van der Waals surface area contributed by atoms with Gasteiger partial charge in [0.15, 0.2) is 0 Å². The van der Waals surface area contributed by atoms with Gasteiger partial charge >= 0.3 is 6.03 Å². The highest BCUT2D eigenvalue weighted by Gasteiger charge is 2.42. The van der Waals surface area contributed by atoms with Gasteiger partial charge in [0.2, 0.25) is 5.91 Å². The average molecular weight is 389 g/mol. The van der Waals surface area contributed by atoms with Gasteiger partial charge in [-0.1, -0.05) is 48.5 Å². The molecule has 1 aliphatic heterocycles. The van der Waals surface area contributed by atoms with Gasteiger partial charge in [0, 0.05) is 24.8 Å². The van der Waals surface area contributed by atoms with E-state index in [1.54, 1.807) is 0 Å². The molecule has 3 N–H and O–H groups in total. The van der Waals surface area contributed by atoms with Crippen LogP contribution in [0.1, 0.15) is 53.4 Å². The minimum Gasteiger partial charge on any atom is -0.356 e. The summed E-state index contributed by atoms with van der Waals surface area (Å²) in [6, 6.07) is 16.2. The van der Waals surface area contributed by atoms with Crippen LogP contribution in [0, 0.1) is 5.92 Å². The number of carbonyl (C=O) groups excluding carboxylic acids is 3. The van der Waals surface area contributed by atoms with Crippen molar-refractivity contribution in [1.29, 1.82) is 0 Å². The van der Waals surface area contributed by atoms with E-state index in [4.69, 9.17) is 0 Å². The zero-order chi connectivity index (χ0) is 20.0. The van der Waals surface area contributed by atoms with Gasteiger partial charge in [0.1, 0.15) is 6.04 Å². The van der Waals surface area contributed by atoms with E-state index in [-0.39, 0.29) is 18.2 Å². The minimum atomic E-state index is -0.613. The predicted molar refractivity (Wildman–Crippen MR) is 107 cm³/mol. The Morgan fingerprint density at radius 3 is 2.17 bits per heavy atom. The van der Waals surface area contributed by atoms with Crippen LogP contribution < -0.4 is 16.0 Å². The lowest BCUT2D eigenvalue weighted by Crippen LogP contribution is -2.39. The Morgan fingerprint density at radius 2 is 1.59 bits per heavy atom. The summed E-state index contributed by atoms with van der Waals surface area (Å²) >= 11 is 0. The van der Waals surface area contributed by atoms with Gasteiger partial charge < -0.3 is 10.6 Å². The first-order chi connectivity index (χ1) is 14.1. The summed E-state index contributed by atoms with van der Waals surface area (Å²) < 4.78 is 0. The molecular formula is C23H23N3O3. The molecule has 0 aromatic heterocycles. The minimum absolute atomic E-state index is 0.0815. The van der Waals surface area contributed by atoms with Crippen LogP contribution in [0.15, 0.2) is 48.5 Å². The van der Waals surface area contributed by atoms with E-state index in [2.05, 4.69) is 64.5 Å². The van der Waals surface area contributed by atoms with E-state index in [9.17, 15) is 14.4 Å². The van der Waals surface area contributed by atoms with Crippen molar-refractivity contribution in [2.24, 2.45) is 5.92 Å². The first-order valence-electron chi connectivity index (χ1n) is 10.2. The van der Waals surface area contributed by atoms with Crippen molar-refractivity contribution in [3.63, 3.8) is 0 Å². The van der Waals surface area contributed by atoms with E-state index in [1.807, 2.05) is 0 Å². The number of rotatable bonds is 5. The zero-order valence-corrected chi connectivity index (χ0v) is 16.0. The molecule has 0 radical (unpaired) electrons. The highest BCUT2D eigenvalue weighted by molar-refractivity contribution is 6.04. The number of imide groups is 1. The SMILES string of the molecule is O=C(CC[C@H]1NC(=O)NC1=O)NC[C@@H]1CC2c3ccccc3C1c1ccccc12. The summed E-state index contributed by atoms with van der Waals surface area (Å²) in [5.74, 6) is 0.588. The first-order valence-corrected chi connectivity index (χ1v) is 10.2. The lowest BCUT2D eigenvalue weighted by molar-refractivity contribution is -0.122. The van der Waals surface area contributed by atoms with E-state index < -0.39 is 12.1 Å². The largest absolute Gasteiger partial charge is 0.356 e. The molecule has 0 spiro atoms. The van der Waals surface area contributed by atoms with Gasteiger partial charge in [0.05, 0.1) is 0 Å². The number of nitrogens with one attached hydrogen (secondary N) is 3. The Bertz CT molecular complexity index is 955. The second-order valence-corrected chi connectivity index (χ2v) is 8.14. The second kappa shape index (κ2) is 7.03. The van der Waals surface area contributed by atoms with E-state index in [0.29, 0.717) is 30.7 Å². The van der Waals surface area contributed by atoms with Crippen LogP contribution in [0.25, 0.3) is 0 Å². The van der Waals surface area contributed by atoms with Crippen LogP contribution in [-0.4, -0.2) is 30.4 Å². The number of urea groups is 1. The summed E-state index contributed by atoms with van der Waals surface area (Å²) in [7, 11) is 0. The predicted octanol–water partition coefficient (Wildman–Crippen LogP) is 2.39. The van der Waals surface area contributed by atoms with Crippen molar-refractivity contribution >= 4 is 17.8 Å². The maximum Gasteiger partial charge on any atom is 0.322 e. The van der Waals surface area contributed by atoms with Crippen molar-refractivity contribution in [2.45, 2.75) is 37.1 Å². The molecule has 148 valence electrons. The molecule has 29 heavy (non-hydrogen) atoms. The molecule has 6 nitrogen and oxygen atoms in total. The summed E-state index contributed by atoms with van der Waals surface area (Å²) in [6.07, 6.45) is 1.55. The van der Waals surface area contributed by atoms with Crippen molar-refractivity contribution in [2.75, 3.05) is 6.54 Å². The topological polar surface area (TPSA) is 87.3 Å². The fourth-order valence-corrected chi connectivity index (χ4v) is 5.23. The molecule has 4 aliphatic rings. The smallest absolute Gasteiger partial charge is 0.322 e. The Labute approximate surface area is 169 Å². The number of hydrogen-bond acceptors (Lipinski definition) is 3. The van der Waals surface area contributed by atoms with Gasteiger partial charge in [-0.2, -0.15) is 0 Å². The van der Waals surface area contributed by atoms with Gasteiger partial charge in [-0.3, -0.25) is 14.9 Å². The molecule has 1 fully saturated rings. The third kappa shape index (κ3) is 3.09. The fraction of sp³-hybridized carbons (Fsp3) is 0.348. The molecule has 2 bridgehead atoms.